The van der Waals surface area contributed by atoms with Gasteiger partial charge in [-0.1, -0.05) is 20.8 Å². The van der Waals surface area contributed by atoms with Crippen LogP contribution < -0.4 is 5.32 Å². The van der Waals surface area contributed by atoms with Gasteiger partial charge in [-0.15, -0.1) is 0 Å². The van der Waals surface area contributed by atoms with Crippen molar-refractivity contribution in [3.8, 4) is 0 Å². The third-order valence-electron chi connectivity index (χ3n) is 6.70. The van der Waals surface area contributed by atoms with Gasteiger partial charge in [0.15, 0.2) is 0 Å². The predicted molar refractivity (Wildman–Crippen MR) is 88.8 cm³/mol. The lowest BCUT2D eigenvalue weighted by Crippen LogP contribution is -2.46. The van der Waals surface area contributed by atoms with Crippen molar-refractivity contribution in [3.63, 3.8) is 0 Å². The average Bonchev–Trinajstić information content (AvgIpc) is 2.78. The largest absolute Gasteiger partial charge is 0.394 e. The van der Waals surface area contributed by atoms with E-state index in [1.807, 2.05) is 13.8 Å². The highest BCUT2D eigenvalue weighted by Gasteiger charge is 2.61. The standard InChI is InChI=1S/C18H35NO3/c1-16(2,12-20)19-11-14(21)7-9-22-15-10-13-6-8-18(15,5)17(13,3)4/h13-15,19-21H,6-12H2,1-5H3/t13-,14-,15+,18-/m0/s1. The summed E-state index contributed by atoms with van der Waals surface area (Å²) in [5.74, 6) is 0.791. The van der Waals surface area contributed by atoms with Crippen molar-refractivity contribution in [2.45, 2.75) is 78.0 Å². The Morgan fingerprint density at radius 2 is 2.00 bits per heavy atom. The Labute approximate surface area is 135 Å². The van der Waals surface area contributed by atoms with E-state index in [-0.39, 0.29) is 12.1 Å². The summed E-state index contributed by atoms with van der Waals surface area (Å²) in [4.78, 5) is 0. The summed E-state index contributed by atoms with van der Waals surface area (Å²) in [5, 5.41) is 22.4. The van der Waals surface area contributed by atoms with Gasteiger partial charge in [-0.25, -0.2) is 0 Å². The molecule has 130 valence electrons. The molecule has 0 aromatic heterocycles. The maximum absolute atomic E-state index is 10.1. The van der Waals surface area contributed by atoms with E-state index in [1.165, 1.54) is 19.3 Å². The van der Waals surface area contributed by atoms with Crippen molar-refractivity contribution >= 4 is 0 Å². The number of fused-ring (bicyclic) bond motifs is 2. The maximum Gasteiger partial charge on any atom is 0.0686 e. The molecular formula is C18H35NO3. The molecule has 0 radical (unpaired) electrons. The molecule has 2 aliphatic rings. The fourth-order valence-corrected chi connectivity index (χ4v) is 4.28. The highest BCUT2D eigenvalue weighted by atomic mass is 16.5. The quantitative estimate of drug-likeness (QED) is 0.643. The van der Waals surface area contributed by atoms with Crippen LogP contribution in [-0.2, 0) is 4.74 Å². The van der Waals surface area contributed by atoms with Crippen LogP contribution in [0.1, 0.15) is 60.3 Å². The van der Waals surface area contributed by atoms with Crippen molar-refractivity contribution in [3.05, 3.63) is 0 Å². The first-order chi connectivity index (χ1) is 10.1. The van der Waals surface area contributed by atoms with E-state index in [4.69, 9.17) is 4.74 Å². The van der Waals surface area contributed by atoms with Crippen LogP contribution in [0, 0.1) is 16.7 Å². The smallest absolute Gasteiger partial charge is 0.0686 e. The van der Waals surface area contributed by atoms with Gasteiger partial charge in [0.25, 0.3) is 0 Å². The third-order valence-corrected chi connectivity index (χ3v) is 6.70. The molecule has 2 aliphatic carbocycles. The fourth-order valence-electron chi connectivity index (χ4n) is 4.28. The van der Waals surface area contributed by atoms with Gasteiger partial charge in [-0.2, -0.15) is 0 Å². The number of β-amino-alcohol motifs (C(OH)–C–C–N with tert-alkyl or cyclic N) is 1. The first kappa shape index (κ1) is 18.2. The lowest BCUT2D eigenvalue weighted by atomic mass is 9.70. The molecule has 0 saturated heterocycles. The molecule has 3 N–H and O–H groups in total. The predicted octanol–water partition coefficient (Wildman–Crippen LogP) is 2.33. The van der Waals surface area contributed by atoms with E-state index >= 15 is 0 Å². The van der Waals surface area contributed by atoms with Gasteiger partial charge < -0.3 is 20.3 Å². The molecule has 0 aliphatic heterocycles. The average molecular weight is 313 g/mol. The Bertz CT molecular complexity index is 383. The molecule has 0 amide bonds. The molecule has 2 rings (SSSR count). The zero-order chi connectivity index (χ0) is 16.6. The molecular weight excluding hydrogens is 278 g/mol. The number of nitrogens with one attached hydrogen (secondary N) is 1. The minimum Gasteiger partial charge on any atom is -0.394 e. The zero-order valence-corrected chi connectivity index (χ0v) is 15.0. The summed E-state index contributed by atoms with van der Waals surface area (Å²) >= 11 is 0. The zero-order valence-electron chi connectivity index (χ0n) is 15.0. The molecule has 0 aromatic rings. The lowest BCUT2D eigenvalue weighted by molar-refractivity contribution is -0.0549. The van der Waals surface area contributed by atoms with Crippen LogP contribution in [0.15, 0.2) is 0 Å². The van der Waals surface area contributed by atoms with Crippen molar-refractivity contribution < 1.29 is 14.9 Å². The van der Waals surface area contributed by atoms with Gasteiger partial charge in [0.1, 0.15) is 0 Å². The van der Waals surface area contributed by atoms with Crippen LogP contribution in [0.3, 0.4) is 0 Å². The topological polar surface area (TPSA) is 61.7 Å². The minimum absolute atomic E-state index is 0.0626. The normalized spacial score (nSPS) is 35.0. The third kappa shape index (κ3) is 3.35. The fraction of sp³-hybridized carbons (Fsp3) is 1.00. The molecule has 2 bridgehead atoms. The highest BCUT2D eigenvalue weighted by molar-refractivity contribution is 5.11. The summed E-state index contributed by atoms with van der Waals surface area (Å²) in [5.41, 5.74) is 0.326. The van der Waals surface area contributed by atoms with Gasteiger partial charge in [0, 0.05) is 18.7 Å². The minimum atomic E-state index is -0.426. The molecule has 4 nitrogen and oxygen atoms in total. The number of aliphatic hydroxyl groups excluding tert-OH is 2. The first-order valence-corrected chi connectivity index (χ1v) is 8.78. The van der Waals surface area contributed by atoms with Crippen LogP contribution >= 0.6 is 0 Å². The summed E-state index contributed by atoms with van der Waals surface area (Å²) in [7, 11) is 0. The van der Waals surface area contributed by atoms with Crippen LogP contribution in [0.4, 0.5) is 0 Å². The van der Waals surface area contributed by atoms with Crippen LogP contribution in [0.25, 0.3) is 0 Å². The van der Waals surface area contributed by atoms with Gasteiger partial charge in [-0.05, 0) is 56.3 Å². The summed E-state index contributed by atoms with van der Waals surface area (Å²) in [6, 6.07) is 0. The number of hydrogen-bond donors (Lipinski definition) is 3. The van der Waals surface area contributed by atoms with Crippen LogP contribution in [0.5, 0.6) is 0 Å². The molecule has 2 saturated carbocycles. The summed E-state index contributed by atoms with van der Waals surface area (Å²) in [6.07, 6.45) is 4.35. The monoisotopic (exact) mass is 313 g/mol. The number of aliphatic hydroxyl groups is 2. The summed E-state index contributed by atoms with van der Waals surface area (Å²) in [6.45, 7) is 12.2. The second kappa shape index (κ2) is 6.39. The Morgan fingerprint density at radius 3 is 2.50 bits per heavy atom. The first-order valence-electron chi connectivity index (χ1n) is 8.78. The molecule has 22 heavy (non-hydrogen) atoms. The molecule has 0 heterocycles. The van der Waals surface area contributed by atoms with Crippen molar-refractivity contribution in [1.29, 1.82) is 0 Å². The van der Waals surface area contributed by atoms with E-state index in [0.29, 0.717) is 36.5 Å². The summed E-state index contributed by atoms with van der Waals surface area (Å²) < 4.78 is 6.17. The van der Waals surface area contributed by atoms with E-state index in [0.717, 1.165) is 5.92 Å². The van der Waals surface area contributed by atoms with E-state index in [9.17, 15) is 10.2 Å². The van der Waals surface area contributed by atoms with Crippen molar-refractivity contribution in [2.24, 2.45) is 16.7 Å². The van der Waals surface area contributed by atoms with Crippen LogP contribution in [-0.4, -0.2) is 47.7 Å². The second-order valence-electron chi connectivity index (χ2n) is 8.84. The Kier molecular flexibility index (Phi) is 5.28. The molecule has 0 aromatic carbocycles. The second-order valence-corrected chi connectivity index (χ2v) is 8.84. The lowest BCUT2D eigenvalue weighted by Gasteiger charge is -2.39. The Morgan fingerprint density at radius 1 is 1.32 bits per heavy atom. The van der Waals surface area contributed by atoms with Crippen molar-refractivity contribution in [2.75, 3.05) is 19.8 Å². The van der Waals surface area contributed by atoms with Gasteiger partial charge in [0.2, 0.25) is 0 Å². The highest BCUT2D eigenvalue weighted by Crippen LogP contribution is 2.66. The molecule has 4 atom stereocenters. The number of rotatable bonds is 8. The van der Waals surface area contributed by atoms with E-state index in [1.54, 1.807) is 0 Å². The van der Waals surface area contributed by atoms with E-state index in [2.05, 4.69) is 26.1 Å². The number of ether oxygens (including phenoxy) is 1. The molecule has 0 unspecified atom stereocenters. The Balaban J connectivity index is 1.72. The van der Waals surface area contributed by atoms with Crippen LogP contribution in [0.2, 0.25) is 0 Å². The van der Waals surface area contributed by atoms with Crippen molar-refractivity contribution in [1.82, 2.24) is 5.32 Å². The van der Waals surface area contributed by atoms with Gasteiger partial charge in [-0.3, -0.25) is 0 Å². The molecule has 0 spiro atoms. The molecule has 4 heteroatoms. The van der Waals surface area contributed by atoms with Gasteiger partial charge >= 0.3 is 0 Å². The number of hydrogen-bond acceptors (Lipinski definition) is 4. The SMILES string of the molecule is CC(C)(CO)NC[C@@H](O)CCO[C@@H]1C[C@@H]2CC[C@]1(C)C2(C)C. The maximum atomic E-state index is 10.1. The Hall–Kier alpha value is -0.160. The molecule has 2 fully saturated rings. The van der Waals surface area contributed by atoms with E-state index < -0.39 is 6.10 Å². The van der Waals surface area contributed by atoms with Gasteiger partial charge in [0.05, 0.1) is 18.8 Å².